The molecule has 1 aromatic rings. The van der Waals surface area contributed by atoms with E-state index in [0.717, 1.165) is 0 Å². The molecule has 20 heavy (non-hydrogen) atoms. The first-order valence-corrected chi connectivity index (χ1v) is 5.85. The third kappa shape index (κ3) is 5.21. The van der Waals surface area contributed by atoms with E-state index in [2.05, 4.69) is 14.8 Å². The van der Waals surface area contributed by atoms with E-state index in [1.54, 1.807) is 6.92 Å². The van der Waals surface area contributed by atoms with Gasteiger partial charge in [-0.25, -0.2) is 0 Å². The summed E-state index contributed by atoms with van der Waals surface area (Å²) in [5.41, 5.74) is 0.167. The van der Waals surface area contributed by atoms with Crippen molar-refractivity contribution >= 4 is 11.9 Å². The molecule has 1 N–H and O–H groups in total. The highest BCUT2D eigenvalue weighted by Gasteiger charge is 2.14. The van der Waals surface area contributed by atoms with Gasteiger partial charge in [0.05, 0.1) is 13.5 Å². The number of benzene rings is 1. The van der Waals surface area contributed by atoms with Gasteiger partial charge in [-0.3, -0.25) is 9.59 Å². The second kappa shape index (κ2) is 7.42. The van der Waals surface area contributed by atoms with Crippen LogP contribution in [-0.4, -0.2) is 31.6 Å². The summed E-state index contributed by atoms with van der Waals surface area (Å²) in [6, 6.07) is 4.97. The minimum absolute atomic E-state index is 0.0233. The first-order valence-electron chi connectivity index (χ1n) is 5.85. The van der Waals surface area contributed by atoms with E-state index in [0.29, 0.717) is 0 Å². The van der Waals surface area contributed by atoms with Gasteiger partial charge in [0.25, 0.3) is 5.91 Å². The number of halogens is 2. The number of alkyl halides is 2. The summed E-state index contributed by atoms with van der Waals surface area (Å²) in [5.74, 6) is -1.04. The van der Waals surface area contributed by atoms with Crippen LogP contribution in [0.5, 0.6) is 5.75 Å². The topological polar surface area (TPSA) is 64.6 Å². The van der Waals surface area contributed by atoms with Gasteiger partial charge in [-0.1, -0.05) is 6.07 Å². The van der Waals surface area contributed by atoms with Crippen LogP contribution in [0.2, 0.25) is 0 Å². The molecule has 0 aromatic heterocycles. The van der Waals surface area contributed by atoms with Gasteiger partial charge >= 0.3 is 12.6 Å². The molecule has 110 valence electrons. The summed E-state index contributed by atoms with van der Waals surface area (Å²) in [4.78, 5) is 22.9. The number of hydrogen-bond donors (Lipinski definition) is 1. The van der Waals surface area contributed by atoms with Crippen molar-refractivity contribution in [2.75, 3.05) is 7.11 Å². The van der Waals surface area contributed by atoms with E-state index in [1.165, 1.54) is 31.4 Å². The van der Waals surface area contributed by atoms with Gasteiger partial charge in [0, 0.05) is 11.6 Å². The molecule has 1 unspecified atom stereocenters. The largest absolute Gasteiger partial charge is 0.469 e. The van der Waals surface area contributed by atoms with Crippen LogP contribution in [-0.2, 0) is 9.53 Å². The second-order valence-corrected chi connectivity index (χ2v) is 4.06. The predicted octanol–water partition coefficient (Wildman–Crippen LogP) is 1.97. The lowest BCUT2D eigenvalue weighted by molar-refractivity contribution is -0.141. The molecule has 0 bridgehead atoms. The molecule has 0 heterocycles. The van der Waals surface area contributed by atoms with Gasteiger partial charge in [-0.05, 0) is 25.1 Å². The van der Waals surface area contributed by atoms with Gasteiger partial charge in [-0.2, -0.15) is 8.78 Å². The highest BCUT2D eigenvalue weighted by atomic mass is 19.3. The number of hydrogen-bond acceptors (Lipinski definition) is 4. The maximum atomic E-state index is 12.1. The number of rotatable bonds is 6. The lowest BCUT2D eigenvalue weighted by Gasteiger charge is -2.13. The van der Waals surface area contributed by atoms with Gasteiger partial charge in [0.15, 0.2) is 0 Å². The van der Waals surface area contributed by atoms with Crippen LogP contribution in [0, 0.1) is 0 Å². The smallest absolute Gasteiger partial charge is 0.387 e. The summed E-state index contributed by atoms with van der Waals surface area (Å²) in [7, 11) is 1.25. The van der Waals surface area contributed by atoms with E-state index in [1.807, 2.05) is 0 Å². The van der Waals surface area contributed by atoms with Crippen molar-refractivity contribution in [1.82, 2.24) is 5.32 Å². The third-order valence-corrected chi connectivity index (χ3v) is 2.40. The fourth-order valence-electron chi connectivity index (χ4n) is 1.51. The normalized spacial score (nSPS) is 11.8. The molecule has 1 aromatic carbocycles. The molecule has 1 atom stereocenters. The Hall–Kier alpha value is -2.18. The van der Waals surface area contributed by atoms with E-state index in [4.69, 9.17) is 0 Å². The fraction of sp³-hybridized carbons (Fsp3) is 0.385. The summed E-state index contributed by atoms with van der Waals surface area (Å²) < 4.78 is 32.8. The zero-order valence-corrected chi connectivity index (χ0v) is 11.1. The molecular formula is C13H15F2NO4. The molecule has 1 rings (SSSR count). The summed E-state index contributed by atoms with van der Waals surface area (Å²) in [6.45, 7) is -1.32. The molecule has 0 spiro atoms. The average molecular weight is 287 g/mol. The van der Waals surface area contributed by atoms with Crippen molar-refractivity contribution in [3.63, 3.8) is 0 Å². The third-order valence-electron chi connectivity index (χ3n) is 2.40. The first kappa shape index (κ1) is 15.9. The Kier molecular flexibility index (Phi) is 5.89. The van der Waals surface area contributed by atoms with Crippen LogP contribution >= 0.6 is 0 Å². The quantitative estimate of drug-likeness (QED) is 0.812. The van der Waals surface area contributed by atoms with E-state index in [9.17, 15) is 18.4 Å². The van der Waals surface area contributed by atoms with Gasteiger partial charge in [0.2, 0.25) is 0 Å². The molecule has 5 nitrogen and oxygen atoms in total. The number of carbonyl (C=O) groups excluding carboxylic acids is 2. The van der Waals surface area contributed by atoms with Crippen LogP contribution in [0.25, 0.3) is 0 Å². The Bertz CT molecular complexity index is 479. The van der Waals surface area contributed by atoms with Crippen LogP contribution in [0.4, 0.5) is 8.78 Å². The molecular weight excluding hydrogens is 272 g/mol. The maximum Gasteiger partial charge on any atom is 0.387 e. The Morgan fingerprint density at radius 3 is 2.65 bits per heavy atom. The minimum Gasteiger partial charge on any atom is -0.469 e. The number of amides is 1. The Labute approximate surface area is 114 Å². The van der Waals surface area contributed by atoms with Crippen LogP contribution in [0.15, 0.2) is 24.3 Å². The number of ether oxygens (including phenoxy) is 2. The SMILES string of the molecule is COC(=O)CC(C)NC(=O)c1cccc(OC(F)F)c1. The molecule has 7 heteroatoms. The lowest BCUT2D eigenvalue weighted by atomic mass is 10.1. The van der Waals surface area contributed by atoms with Crippen molar-refractivity contribution in [3.8, 4) is 5.75 Å². The minimum atomic E-state index is -2.95. The van der Waals surface area contributed by atoms with E-state index in [-0.39, 0.29) is 17.7 Å². The first-order chi connectivity index (χ1) is 9.42. The molecule has 0 fully saturated rings. The van der Waals surface area contributed by atoms with Crippen molar-refractivity contribution < 1.29 is 27.8 Å². The van der Waals surface area contributed by atoms with Gasteiger partial charge in [0.1, 0.15) is 5.75 Å². The van der Waals surface area contributed by atoms with Gasteiger partial charge in [-0.15, -0.1) is 0 Å². The Morgan fingerprint density at radius 1 is 1.35 bits per heavy atom. The highest BCUT2D eigenvalue weighted by Crippen LogP contribution is 2.16. The molecule has 0 aliphatic heterocycles. The van der Waals surface area contributed by atoms with Crippen molar-refractivity contribution in [1.29, 1.82) is 0 Å². The average Bonchev–Trinajstić information content (AvgIpc) is 2.37. The molecule has 0 aliphatic rings. The van der Waals surface area contributed by atoms with Crippen LogP contribution in [0.1, 0.15) is 23.7 Å². The lowest BCUT2D eigenvalue weighted by Crippen LogP contribution is -2.34. The Balaban J connectivity index is 2.65. The van der Waals surface area contributed by atoms with Crippen molar-refractivity contribution in [2.45, 2.75) is 26.0 Å². The molecule has 0 saturated heterocycles. The van der Waals surface area contributed by atoms with Crippen LogP contribution in [0.3, 0.4) is 0 Å². The molecule has 0 radical (unpaired) electrons. The molecule has 0 saturated carbocycles. The summed E-state index contributed by atoms with van der Waals surface area (Å²) >= 11 is 0. The second-order valence-electron chi connectivity index (χ2n) is 4.06. The number of esters is 1. The van der Waals surface area contributed by atoms with E-state index >= 15 is 0 Å². The standard InChI is InChI=1S/C13H15F2NO4/c1-8(6-11(17)19-2)16-12(18)9-4-3-5-10(7-9)20-13(14)15/h3-5,7-8,13H,6H2,1-2H3,(H,16,18). The zero-order valence-electron chi connectivity index (χ0n) is 11.1. The van der Waals surface area contributed by atoms with Crippen LogP contribution < -0.4 is 10.1 Å². The highest BCUT2D eigenvalue weighted by molar-refractivity contribution is 5.95. The molecule has 0 aliphatic carbocycles. The predicted molar refractivity (Wildman–Crippen MR) is 66.6 cm³/mol. The van der Waals surface area contributed by atoms with Crippen molar-refractivity contribution in [3.05, 3.63) is 29.8 Å². The Morgan fingerprint density at radius 2 is 2.05 bits per heavy atom. The summed E-state index contributed by atoms with van der Waals surface area (Å²) in [5, 5.41) is 2.56. The van der Waals surface area contributed by atoms with E-state index < -0.39 is 24.5 Å². The zero-order chi connectivity index (χ0) is 15.1. The molecule has 1 amide bonds. The monoisotopic (exact) mass is 287 g/mol. The fourth-order valence-corrected chi connectivity index (χ4v) is 1.51. The van der Waals surface area contributed by atoms with Gasteiger partial charge < -0.3 is 14.8 Å². The van der Waals surface area contributed by atoms with Crippen molar-refractivity contribution in [2.24, 2.45) is 0 Å². The number of methoxy groups -OCH3 is 1. The number of nitrogens with one attached hydrogen (secondary N) is 1. The summed E-state index contributed by atoms with van der Waals surface area (Å²) in [6.07, 6.45) is 0.0233. The maximum absolute atomic E-state index is 12.1. The number of carbonyl (C=O) groups is 2.